The molecule has 0 spiro atoms. The maximum absolute atomic E-state index is 13.6. The summed E-state index contributed by atoms with van der Waals surface area (Å²) in [6.07, 6.45) is 3.98. The number of likely N-dealkylation sites (tertiary alicyclic amines) is 1. The van der Waals surface area contributed by atoms with Crippen LogP contribution in [0.2, 0.25) is 0 Å². The Morgan fingerprint density at radius 3 is 2.62 bits per heavy atom. The summed E-state index contributed by atoms with van der Waals surface area (Å²) in [5.41, 5.74) is 0.665. The number of fused-ring (bicyclic) bond motifs is 2. The molecule has 1 saturated carbocycles. The Bertz CT molecular complexity index is 1390. The van der Waals surface area contributed by atoms with Gasteiger partial charge in [0.1, 0.15) is 10.7 Å². The molecule has 1 aromatic carbocycles. The maximum atomic E-state index is 13.6. The van der Waals surface area contributed by atoms with Gasteiger partial charge in [0.15, 0.2) is 11.4 Å². The molecule has 2 aliphatic heterocycles. The minimum Gasteiger partial charge on any atom is -0.489 e. The van der Waals surface area contributed by atoms with E-state index in [1.54, 1.807) is 6.92 Å². The molecule has 1 aromatic heterocycles. The first-order chi connectivity index (χ1) is 17.5. The Morgan fingerprint density at radius 2 is 1.95 bits per heavy atom. The number of anilines is 1. The molecule has 0 radical (unpaired) electrons. The first kappa shape index (κ1) is 25.2. The second kappa shape index (κ2) is 9.45. The van der Waals surface area contributed by atoms with Gasteiger partial charge in [-0.15, -0.1) is 0 Å². The molecule has 1 saturated heterocycles. The minimum absolute atomic E-state index is 0.00759. The number of hydrogen-bond acceptors (Lipinski definition) is 6. The Morgan fingerprint density at radius 1 is 1.19 bits per heavy atom. The van der Waals surface area contributed by atoms with Crippen LogP contribution in [-0.2, 0) is 26.7 Å². The van der Waals surface area contributed by atoms with E-state index in [1.807, 2.05) is 0 Å². The summed E-state index contributed by atoms with van der Waals surface area (Å²) in [7, 11) is -2.60. The molecule has 2 aromatic rings. The number of rotatable bonds is 3. The summed E-state index contributed by atoms with van der Waals surface area (Å²) < 4.78 is 50.0. The second-order valence-electron chi connectivity index (χ2n) is 9.81. The lowest BCUT2D eigenvalue weighted by molar-refractivity contribution is -0.146. The monoisotopic (exact) mass is 533 g/mol. The van der Waals surface area contributed by atoms with E-state index in [9.17, 15) is 27.2 Å². The van der Waals surface area contributed by atoms with Gasteiger partial charge in [-0.3, -0.25) is 14.4 Å². The molecule has 198 valence electrons. The fraction of sp³-hybridized carbons (Fsp3) is 0.458. The fourth-order valence-corrected chi connectivity index (χ4v) is 6.31. The molecule has 1 aliphatic carbocycles. The molecule has 3 amide bonds. The summed E-state index contributed by atoms with van der Waals surface area (Å²) in [5.74, 6) is -2.98. The summed E-state index contributed by atoms with van der Waals surface area (Å²) in [6.45, 7) is 1.74. The smallest absolute Gasteiger partial charge is 0.311 e. The number of benzene rings is 1. The number of ether oxygens (including phenoxy) is 1. The molecule has 3 N–H and O–H groups in total. The standard InChI is InChI=1S/C24H28FN5O6S/c1-13-8-16(6-7-17(13)25)27-22(31)20-21-19(11-29(20)2)37(34,35)28-18-10-30(9-14(18)12-36-21)24(33)23(32)26-15-4-3-5-15/h6-8,11,14-15,18,28H,3-5,9-10,12H2,1-2H3,(H,26,32)(H,27,31)/t14-,18-/m0/s1. The number of nitrogens with one attached hydrogen (secondary N) is 3. The highest BCUT2D eigenvalue weighted by Crippen LogP contribution is 2.35. The Balaban J connectivity index is 1.35. The Hall–Kier alpha value is -3.45. The van der Waals surface area contributed by atoms with Crippen LogP contribution in [0.15, 0.2) is 29.3 Å². The third kappa shape index (κ3) is 4.80. The van der Waals surface area contributed by atoms with Crippen molar-refractivity contribution in [2.45, 2.75) is 43.2 Å². The highest BCUT2D eigenvalue weighted by Gasteiger charge is 2.43. The Labute approximate surface area is 213 Å². The van der Waals surface area contributed by atoms with Crippen LogP contribution in [0.25, 0.3) is 0 Å². The minimum atomic E-state index is -4.12. The van der Waals surface area contributed by atoms with Crippen LogP contribution >= 0.6 is 0 Å². The average Bonchev–Trinajstić information content (AvgIpc) is 3.35. The molecule has 3 heterocycles. The van der Waals surface area contributed by atoms with E-state index < -0.39 is 45.5 Å². The normalized spacial score (nSPS) is 22.5. The van der Waals surface area contributed by atoms with E-state index in [2.05, 4.69) is 15.4 Å². The summed E-state index contributed by atoms with van der Waals surface area (Å²) in [4.78, 5) is 39.3. The largest absolute Gasteiger partial charge is 0.489 e. The van der Waals surface area contributed by atoms with Gasteiger partial charge < -0.3 is 24.8 Å². The van der Waals surface area contributed by atoms with Crippen LogP contribution in [0, 0.1) is 18.7 Å². The zero-order valence-electron chi connectivity index (χ0n) is 20.4. The molecule has 2 fully saturated rings. The van der Waals surface area contributed by atoms with Crippen LogP contribution in [0.4, 0.5) is 10.1 Å². The molecule has 11 nitrogen and oxygen atoms in total. The van der Waals surface area contributed by atoms with Gasteiger partial charge in [0.05, 0.1) is 6.61 Å². The van der Waals surface area contributed by atoms with Gasteiger partial charge in [0.25, 0.3) is 5.91 Å². The van der Waals surface area contributed by atoms with E-state index in [4.69, 9.17) is 4.74 Å². The van der Waals surface area contributed by atoms with E-state index in [1.165, 1.54) is 40.9 Å². The highest BCUT2D eigenvalue weighted by atomic mass is 32.2. The third-order valence-corrected chi connectivity index (χ3v) is 8.62. The highest BCUT2D eigenvalue weighted by molar-refractivity contribution is 7.89. The van der Waals surface area contributed by atoms with E-state index in [-0.39, 0.29) is 42.1 Å². The number of aryl methyl sites for hydroxylation is 2. The zero-order chi connectivity index (χ0) is 26.5. The number of hydrogen-bond donors (Lipinski definition) is 3. The number of aromatic nitrogens is 1. The maximum Gasteiger partial charge on any atom is 0.311 e. The van der Waals surface area contributed by atoms with Gasteiger partial charge in [-0.1, -0.05) is 0 Å². The van der Waals surface area contributed by atoms with Gasteiger partial charge in [0.2, 0.25) is 10.0 Å². The van der Waals surface area contributed by atoms with E-state index >= 15 is 0 Å². The first-order valence-electron chi connectivity index (χ1n) is 12.0. The number of sulfonamides is 1. The van der Waals surface area contributed by atoms with Crippen molar-refractivity contribution in [2.75, 3.05) is 25.0 Å². The fourth-order valence-electron chi connectivity index (χ4n) is 4.82. The van der Waals surface area contributed by atoms with E-state index in [0.717, 1.165) is 19.3 Å². The van der Waals surface area contributed by atoms with Crippen LogP contribution in [0.1, 0.15) is 35.3 Å². The number of amides is 3. The van der Waals surface area contributed by atoms with Crippen molar-refractivity contribution in [2.24, 2.45) is 13.0 Å². The lowest BCUT2D eigenvalue weighted by atomic mass is 9.93. The molecule has 5 rings (SSSR count). The summed E-state index contributed by atoms with van der Waals surface area (Å²) >= 11 is 0. The summed E-state index contributed by atoms with van der Waals surface area (Å²) in [5, 5.41) is 5.36. The quantitative estimate of drug-likeness (QED) is 0.501. The lowest BCUT2D eigenvalue weighted by Crippen LogP contribution is -2.48. The van der Waals surface area contributed by atoms with Crippen LogP contribution in [0.5, 0.6) is 5.75 Å². The number of nitrogens with zero attached hydrogens (tertiary/aromatic N) is 2. The second-order valence-corrected chi connectivity index (χ2v) is 11.5. The SMILES string of the molecule is Cc1cc(NC(=O)c2c3c(cn2C)S(=O)(=O)N[C@H]2CN(C(=O)C(=O)NC4CCC4)C[C@H]2CO3)ccc1F. The van der Waals surface area contributed by atoms with E-state index in [0.29, 0.717) is 11.3 Å². The van der Waals surface area contributed by atoms with Gasteiger partial charge >= 0.3 is 11.8 Å². The molecule has 3 aliphatic rings. The van der Waals surface area contributed by atoms with Crippen LogP contribution in [0.3, 0.4) is 0 Å². The number of carbonyl (C=O) groups excluding carboxylic acids is 3. The third-order valence-electron chi connectivity index (χ3n) is 7.13. The van der Waals surface area contributed by atoms with Crippen LogP contribution in [-0.4, -0.2) is 67.4 Å². The predicted molar refractivity (Wildman–Crippen MR) is 130 cm³/mol. The zero-order valence-corrected chi connectivity index (χ0v) is 21.2. The number of carbonyl (C=O) groups is 3. The molecular formula is C24H28FN5O6S. The van der Waals surface area contributed by atoms with Crippen molar-refractivity contribution in [3.63, 3.8) is 0 Å². The van der Waals surface area contributed by atoms with Crippen LogP contribution < -0.4 is 20.1 Å². The van der Waals surface area contributed by atoms with Gasteiger partial charge in [-0.05, 0) is 49.9 Å². The molecule has 2 atom stereocenters. The van der Waals surface area contributed by atoms with Crippen molar-refractivity contribution < 1.29 is 31.9 Å². The lowest BCUT2D eigenvalue weighted by Gasteiger charge is -2.27. The van der Waals surface area contributed by atoms with Gasteiger partial charge in [-0.2, -0.15) is 0 Å². The molecule has 13 heteroatoms. The summed E-state index contributed by atoms with van der Waals surface area (Å²) in [6, 6.07) is 3.45. The number of halogens is 1. The van der Waals surface area contributed by atoms with Crippen molar-refractivity contribution in [1.82, 2.24) is 19.5 Å². The Kier molecular flexibility index (Phi) is 6.44. The predicted octanol–water partition coefficient (Wildman–Crippen LogP) is 0.891. The molecule has 0 bridgehead atoms. The van der Waals surface area contributed by atoms with Gasteiger partial charge in [-0.25, -0.2) is 17.5 Å². The van der Waals surface area contributed by atoms with Crippen molar-refractivity contribution in [3.8, 4) is 5.75 Å². The molecule has 0 unspecified atom stereocenters. The van der Waals surface area contributed by atoms with Crippen molar-refractivity contribution in [1.29, 1.82) is 0 Å². The first-order valence-corrected chi connectivity index (χ1v) is 13.5. The van der Waals surface area contributed by atoms with Crippen molar-refractivity contribution >= 4 is 33.4 Å². The topological polar surface area (TPSA) is 139 Å². The van der Waals surface area contributed by atoms with Crippen molar-refractivity contribution in [3.05, 3.63) is 41.5 Å². The molecular weight excluding hydrogens is 505 g/mol. The van der Waals surface area contributed by atoms with Gasteiger partial charge in [0, 0.05) is 50.0 Å². The molecule has 37 heavy (non-hydrogen) atoms. The average molecular weight is 534 g/mol.